The lowest BCUT2D eigenvalue weighted by Gasteiger charge is -2.33. The van der Waals surface area contributed by atoms with Gasteiger partial charge in [0.1, 0.15) is 0 Å². The molecule has 0 aromatic heterocycles. The largest absolute Gasteiger partial charge is 0.481 e. The Kier molecular flexibility index (Phi) is 10.6. The number of hydrogen-bond donors (Lipinski definition) is 2. The Morgan fingerprint density at radius 2 is 1.00 bits per heavy atom. The first-order valence-corrected chi connectivity index (χ1v) is 10.1. The smallest absolute Gasteiger partial charge is 0.308 e. The quantitative estimate of drug-likeness (QED) is 0.688. The average Bonchev–Trinajstić information content (AvgIpc) is 2.53. The number of aliphatic carboxylic acids is 1. The molecule has 0 aliphatic heterocycles. The second kappa shape index (κ2) is 11.9. The minimum atomic E-state index is -0.738. The molecule has 1 aliphatic rings. The lowest BCUT2D eigenvalue weighted by Crippen LogP contribution is -2.49. The van der Waals surface area contributed by atoms with Crippen LogP contribution in [-0.4, -0.2) is 16.6 Å². The normalized spacial score (nSPS) is 24.4. The summed E-state index contributed by atoms with van der Waals surface area (Å²) >= 11 is 0. The van der Waals surface area contributed by atoms with Crippen molar-refractivity contribution in [1.82, 2.24) is 0 Å². The molecule has 0 amide bonds. The van der Waals surface area contributed by atoms with Gasteiger partial charge in [0.05, 0.1) is 5.92 Å². The number of carbonyl (C=O) groups is 1. The van der Waals surface area contributed by atoms with Crippen LogP contribution in [0.2, 0.25) is 0 Å². The van der Waals surface area contributed by atoms with Gasteiger partial charge in [-0.3, -0.25) is 4.79 Å². The van der Waals surface area contributed by atoms with Crippen molar-refractivity contribution in [1.29, 1.82) is 0 Å². The zero-order valence-corrected chi connectivity index (χ0v) is 15.3. The van der Waals surface area contributed by atoms with Crippen molar-refractivity contribution in [3.05, 3.63) is 0 Å². The second-order valence-electron chi connectivity index (χ2n) is 7.74. The summed E-state index contributed by atoms with van der Waals surface area (Å²) in [5.74, 6) is -1.18. The van der Waals surface area contributed by atoms with Crippen LogP contribution in [0.25, 0.3) is 0 Å². The van der Waals surface area contributed by atoms with Gasteiger partial charge in [-0.25, -0.2) is 0 Å². The van der Waals surface area contributed by atoms with E-state index in [1.165, 1.54) is 77.0 Å². The molecule has 0 spiro atoms. The van der Waals surface area contributed by atoms with E-state index in [1.807, 2.05) is 0 Å². The predicted octanol–water partition coefficient (Wildman–Crippen LogP) is 5.66. The van der Waals surface area contributed by atoms with Crippen LogP contribution in [0.15, 0.2) is 0 Å². The van der Waals surface area contributed by atoms with E-state index in [0.29, 0.717) is 0 Å². The van der Waals surface area contributed by atoms with E-state index in [1.54, 1.807) is 6.92 Å². The molecular formula is C20H39NO2. The van der Waals surface area contributed by atoms with Crippen LogP contribution in [0.5, 0.6) is 0 Å². The van der Waals surface area contributed by atoms with Gasteiger partial charge in [-0.2, -0.15) is 0 Å². The third kappa shape index (κ3) is 8.74. The molecule has 0 aromatic rings. The van der Waals surface area contributed by atoms with Gasteiger partial charge in [-0.15, -0.1) is 0 Å². The standard InChI is InChI=1S/C20H39NO2/c1-18(19(22)23)20(21)16-14-12-10-8-6-4-2-3-5-7-9-11-13-15-17-20/h18H,2-17,21H2,1H3,(H,22,23). The molecule has 0 aromatic carbocycles. The van der Waals surface area contributed by atoms with E-state index < -0.39 is 17.4 Å². The highest BCUT2D eigenvalue weighted by molar-refractivity contribution is 5.71. The van der Waals surface area contributed by atoms with Gasteiger partial charge in [0.25, 0.3) is 0 Å². The van der Waals surface area contributed by atoms with Crippen molar-refractivity contribution in [3.8, 4) is 0 Å². The van der Waals surface area contributed by atoms with Crippen LogP contribution < -0.4 is 5.73 Å². The summed E-state index contributed by atoms with van der Waals surface area (Å²) in [7, 11) is 0. The molecule has 0 radical (unpaired) electrons. The predicted molar refractivity (Wildman–Crippen MR) is 97.6 cm³/mol. The van der Waals surface area contributed by atoms with Crippen LogP contribution in [0.1, 0.15) is 110 Å². The van der Waals surface area contributed by atoms with Crippen LogP contribution in [-0.2, 0) is 4.79 Å². The number of carboxylic acids is 1. The van der Waals surface area contributed by atoms with Gasteiger partial charge >= 0.3 is 5.97 Å². The van der Waals surface area contributed by atoms with Crippen molar-refractivity contribution in [2.75, 3.05) is 0 Å². The molecule has 1 unspecified atom stereocenters. The average molecular weight is 326 g/mol. The van der Waals surface area contributed by atoms with Crippen LogP contribution in [0, 0.1) is 5.92 Å². The molecule has 136 valence electrons. The molecular weight excluding hydrogens is 286 g/mol. The zero-order valence-electron chi connectivity index (χ0n) is 15.3. The lowest BCUT2D eigenvalue weighted by molar-refractivity contribution is -0.143. The SMILES string of the molecule is CC(C(=O)O)C1(N)CCCCCCCCCCCCCCCC1. The number of nitrogens with two attached hydrogens (primary N) is 1. The fourth-order valence-electron chi connectivity index (χ4n) is 3.83. The summed E-state index contributed by atoms with van der Waals surface area (Å²) in [5.41, 5.74) is 6.04. The number of carboxylic acid groups (broad SMARTS) is 1. The molecule has 1 atom stereocenters. The Morgan fingerprint density at radius 1 is 0.739 bits per heavy atom. The Hall–Kier alpha value is -0.570. The molecule has 3 nitrogen and oxygen atoms in total. The minimum Gasteiger partial charge on any atom is -0.481 e. The van der Waals surface area contributed by atoms with Crippen molar-refractivity contribution >= 4 is 5.97 Å². The molecule has 3 N–H and O–H groups in total. The summed E-state index contributed by atoms with van der Waals surface area (Å²) in [6.07, 6.45) is 19.8. The fraction of sp³-hybridized carbons (Fsp3) is 0.950. The van der Waals surface area contributed by atoms with Gasteiger partial charge < -0.3 is 10.8 Å². The van der Waals surface area contributed by atoms with Gasteiger partial charge in [-0.1, -0.05) is 96.8 Å². The third-order valence-electron chi connectivity index (χ3n) is 5.77. The van der Waals surface area contributed by atoms with Gasteiger partial charge in [-0.05, 0) is 12.8 Å². The lowest BCUT2D eigenvalue weighted by atomic mass is 9.77. The maximum Gasteiger partial charge on any atom is 0.308 e. The van der Waals surface area contributed by atoms with Crippen molar-refractivity contribution < 1.29 is 9.90 Å². The first-order valence-electron chi connectivity index (χ1n) is 10.1. The fourth-order valence-corrected chi connectivity index (χ4v) is 3.83. The van der Waals surface area contributed by atoms with E-state index in [2.05, 4.69) is 0 Å². The monoisotopic (exact) mass is 325 g/mol. The van der Waals surface area contributed by atoms with Crippen LogP contribution in [0.4, 0.5) is 0 Å². The van der Waals surface area contributed by atoms with Gasteiger partial charge in [0.15, 0.2) is 0 Å². The van der Waals surface area contributed by atoms with Crippen LogP contribution >= 0.6 is 0 Å². The summed E-state index contributed by atoms with van der Waals surface area (Å²) in [5, 5.41) is 9.39. The topological polar surface area (TPSA) is 63.3 Å². The van der Waals surface area contributed by atoms with Gasteiger partial charge in [0.2, 0.25) is 0 Å². The molecule has 1 saturated carbocycles. The molecule has 1 aliphatic carbocycles. The highest BCUT2D eigenvalue weighted by Crippen LogP contribution is 2.29. The Bertz CT molecular complexity index is 299. The Morgan fingerprint density at radius 3 is 1.26 bits per heavy atom. The zero-order chi connectivity index (χ0) is 17.0. The molecule has 0 bridgehead atoms. The minimum absolute atomic E-state index is 0.440. The summed E-state index contributed by atoms with van der Waals surface area (Å²) in [6, 6.07) is 0. The Balaban J connectivity index is 2.49. The Labute approximate surface area is 143 Å². The molecule has 0 saturated heterocycles. The number of rotatable bonds is 2. The van der Waals surface area contributed by atoms with E-state index in [0.717, 1.165) is 25.7 Å². The second-order valence-corrected chi connectivity index (χ2v) is 7.74. The first-order chi connectivity index (χ1) is 11.1. The summed E-state index contributed by atoms with van der Waals surface area (Å²) < 4.78 is 0. The molecule has 23 heavy (non-hydrogen) atoms. The first kappa shape index (κ1) is 20.5. The van der Waals surface area contributed by atoms with E-state index in [9.17, 15) is 9.90 Å². The van der Waals surface area contributed by atoms with Crippen LogP contribution in [0.3, 0.4) is 0 Å². The maximum absolute atomic E-state index is 11.4. The highest BCUT2D eigenvalue weighted by Gasteiger charge is 2.35. The summed E-state index contributed by atoms with van der Waals surface area (Å²) in [6.45, 7) is 1.80. The van der Waals surface area contributed by atoms with E-state index in [-0.39, 0.29) is 0 Å². The molecule has 1 rings (SSSR count). The van der Waals surface area contributed by atoms with E-state index >= 15 is 0 Å². The summed E-state index contributed by atoms with van der Waals surface area (Å²) in [4.78, 5) is 11.4. The third-order valence-corrected chi connectivity index (χ3v) is 5.77. The maximum atomic E-state index is 11.4. The van der Waals surface area contributed by atoms with Crippen molar-refractivity contribution in [3.63, 3.8) is 0 Å². The van der Waals surface area contributed by atoms with Gasteiger partial charge in [0, 0.05) is 5.54 Å². The molecule has 3 heteroatoms. The van der Waals surface area contributed by atoms with E-state index in [4.69, 9.17) is 5.73 Å². The molecule has 1 fully saturated rings. The molecule has 0 heterocycles. The van der Waals surface area contributed by atoms with Crippen molar-refractivity contribution in [2.45, 2.75) is 115 Å². The highest BCUT2D eigenvalue weighted by atomic mass is 16.4. The van der Waals surface area contributed by atoms with Crippen molar-refractivity contribution in [2.24, 2.45) is 11.7 Å². The number of hydrogen-bond acceptors (Lipinski definition) is 2.